The topological polar surface area (TPSA) is 35.6 Å². The molecule has 0 fully saturated rings. The van der Waals surface area contributed by atoms with Crippen LogP contribution in [-0.2, 0) is 13.5 Å². The van der Waals surface area contributed by atoms with Gasteiger partial charge in [0.2, 0.25) is 0 Å². The predicted octanol–water partition coefficient (Wildman–Crippen LogP) is 3.47. The van der Waals surface area contributed by atoms with Crippen LogP contribution in [0.25, 0.3) is 16.9 Å². The summed E-state index contributed by atoms with van der Waals surface area (Å²) in [6.45, 7) is 6.21. The molecule has 0 radical (unpaired) electrons. The van der Waals surface area contributed by atoms with Gasteiger partial charge in [0.05, 0.1) is 5.69 Å². The lowest BCUT2D eigenvalue weighted by atomic mass is 10.1. The molecule has 5 heteroatoms. The molecule has 0 aliphatic carbocycles. The fourth-order valence-corrected chi connectivity index (χ4v) is 3.09. The fraction of sp³-hybridized carbons (Fsp3) is 0.375. The van der Waals surface area contributed by atoms with Crippen molar-refractivity contribution in [1.82, 2.24) is 19.3 Å². The molecule has 1 aromatic carbocycles. The van der Waals surface area contributed by atoms with E-state index in [1.807, 2.05) is 18.7 Å². The summed E-state index contributed by atoms with van der Waals surface area (Å²) in [5.74, 6) is 1.54. The van der Waals surface area contributed by atoms with E-state index in [2.05, 4.69) is 41.7 Å². The number of hydrogen-bond donors (Lipinski definition) is 0. The zero-order chi connectivity index (χ0) is 15.1. The Morgan fingerprint density at radius 1 is 1.10 bits per heavy atom. The molecule has 0 amide bonds. The van der Waals surface area contributed by atoms with Crippen molar-refractivity contribution >= 4 is 22.8 Å². The summed E-state index contributed by atoms with van der Waals surface area (Å²) in [6, 6.07) is 6.52. The van der Waals surface area contributed by atoms with Crippen molar-refractivity contribution in [2.45, 2.75) is 27.2 Å². The highest BCUT2D eigenvalue weighted by atomic mass is 35.5. The monoisotopic (exact) mass is 302 g/mol. The Balaban J connectivity index is 2.35. The second kappa shape index (κ2) is 5.19. The maximum absolute atomic E-state index is 5.96. The Kier molecular flexibility index (Phi) is 3.49. The predicted molar refractivity (Wildman–Crippen MR) is 86.5 cm³/mol. The highest BCUT2D eigenvalue weighted by molar-refractivity contribution is 6.17. The first-order chi connectivity index (χ1) is 10.0. The van der Waals surface area contributed by atoms with E-state index < -0.39 is 0 Å². The van der Waals surface area contributed by atoms with E-state index in [1.165, 1.54) is 11.1 Å². The van der Waals surface area contributed by atoms with Crippen LogP contribution in [0.5, 0.6) is 0 Å². The molecule has 2 aromatic heterocycles. The Hall–Kier alpha value is -1.81. The molecule has 21 heavy (non-hydrogen) atoms. The average Bonchev–Trinajstić information content (AvgIpc) is 2.88. The van der Waals surface area contributed by atoms with Gasteiger partial charge in [-0.2, -0.15) is 5.10 Å². The molecule has 2 heterocycles. The minimum Gasteiger partial charge on any atom is -0.281 e. The van der Waals surface area contributed by atoms with E-state index in [0.717, 1.165) is 34.8 Å². The number of alkyl halides is 1. The van der Waals surface area contributed by atoms with Crippen LogP contribution in [0.2, 0.25) is 0 Å². The van der Waals surface area contributed by atoms with Crippen LogP contribution >= 0.6 is 11.6 Å². The van der Waals surface area contributed by atoms with Crippen molar-refractivity contribution in [3.63, 3.8) is 0 Å². The zero-order valence-electron chi connectivity index (χ0n) is 12.8. The van der Waals surface area contributed by atoms with Crippen molar-refractivity contribution in [1.29, 1.82) is 0 Å². The number of imidazole rings is 1. The van der Waals surface area contributed by atoms with Crippen molar-refractivity contribution in [3.8, 4) is 5.69 Å². The van der Waals surface area contributed by atoms with Crippen molar-refractivity contribution in [3.05, 3.63) is 40.8 Å². The van der Waals surface area contributed by atoms with Crippen molar-refractivity contribution in [2.75, 3.05) is 5.88 Å². The van der Waals surface area contributed by atoms with Gasteiger partial charge in [-0.15, -0.1) is 11.6 Å². The van der Waals surface area contributed by atoms with Crippen LogP contribution in [0.3, 0.4) is 0 Å². The highest BCUT2D eigenvalue weighted by Gasteiger charge is 2.18. The fourth-order valence-electron chi connectivity index (χ4n) is 2.92. The molecule has 3 aromatic rings. The number of fused-ring (bicyclic) bond motifs is 1. The van der Waals surface area contributed by atoms with Gasteiger partial charge in [-0.05, 0) is 44.0 Å². The SMILES string of the molecule is Cc1cc(C)cc(-n2c(CCCl)nc3c(C)nn(C)c32)c1. The van der Waals surface area contributed by atoms with Gasteiger partial charge >= 0.3 is 0 Å². The maximum atomic E-state index is 5.96. The third kappa shape index (κ3) is 2.33. The molecule has 3 rings (SSSR count). The van der Waals surface area contributed by atoms with Crippen LogP contribution in [0, 0.1) is 20.8 Å². The minimum atomic E-state index is 0.556. The number of benzene rings is 1. The zero-order valence-corrected chi connectivity index (χ0v) is 13.6. The molecule has 0 aliphatic heterocycles. The van der Waals surface area contributed by atoms with Gasteiger partial charge in [-0.3, -0.25) is 4.57 Å². The van der Waals surface area contributed by atoms with Crippen molar-refractivity contribution in [2.24, 2.45) is 7.05 Å². The lowest BCUT2D eigenvalue weighted by Gasteiger charge is -2.11. The first kappa shape index (κ1) is 14.1. The Morgan fingerprint density at radius 3 is 2.38 bits per heavy atom. The summed E-state index contributed by atoms with van der Waals surface area (Å²) in [5.41, 5.74) is 6.53. The van der Waals surface area contributed by atoms with Gasteiger partial charge in [0.1, 0.15) is 11.3 Å². The second-order valence-corrected chi connectivity index (χ2v) is 5.91. The lowest BCUT2D eigenvalue weighted by molar-refractivity contribution is 0.750. The Labute approximate surface area is 129 Å². The number of aryl methyl sites for hydroxylation is 5. The van der Waals surface area contributed by atoms with Crippen LogP contribution in [-0.4, -0.2) is 25.2 Å². The first-order valence-electron chi connectivity index (χ1n) is 7.07. The van der Waals surface area contributed by atoms with Gasteiger partial charge < -0.3 is 0 Å². The van der Waals surface area contributed by atoms with Crippen LogP contribution in [0.1, 0.15) is 22.6 Å². The Morgan fingerprint density at radius 2 is 1.76 bits per heavy atom. The van der Waals surface area contributed by atoms with Gasteiger partial charge in [-0.1, -0.05) is 6.07 Å². The highest BCUT2D eigenvalue weighted by Crippen LogP contribution is 2.25. The van der Waals surface area contributed by atoms with Crippen LogP contribution in [0.4, 0.5) is 0 Å². The Bertz CT molecular complexity index is 793. The lowest BCUT2D eigenvalue weighted by Crippen LogP contribution is -2.06. The van der Waals surface area contributed by atoms with Gasteiger partial charge in [0.15, 0.2) is 5.65 Å². The average molecular weight is 303 g/mol. The molecule has 0 saturated heterocycles. The standard InChI is InChI=1S/C16H19ClN4/c1-10-7-11(2)9-13(8-10)21-14(5-6-17)18-15-12(3)19-20(4)16(15)21/h7-9H,5-6H2,1-4H3. The third-order valence-electron chi connectivity index (χ3n) is 3.65. The molecular weight excluding hydrogens is 284 g/mol. The van der Waals surface area contributed by atoms with E-state index in [9.17, 15) is 0 Å². The molecule has 0 saturated carbocycles. The van der Waals surface area contributed by atoms with Crippen LogP contribution in [0.15, 0.2) is 18.2 Å². The quantitative estimate of drug-likeness (QED) is 0.695. The van der Waals surface area contributed by atoms with Gasteiger partial charge in [-0.25, -0.2) is 9.67 Å². The van der Waals surface area contributed by atoms with Crippen LogP contribution < -0.4 is 0 Å². The minimum absolute atomic E-state index is 0.556. The number of hydrogen-bond acceptors (Lipinski definition) is 2. The third-order valence-corrected chi connectivity index (χ3v) is 3.84. The largest absolute Gasteiger partial charge is 0.281 e. The molecule has 0 atom stereocenters. The van der Waals surface area contributed by atoms with Gasteiger partial charge in [0, 0.05) is 25.0 Å². The smallest absolute Gasteiger partial charge is 0.163 e. The molecule has 110 valence electrons. The number of halogens is 1. The maximum Gasteiger partial charge on any atom is 0.163 e. The summed E-state index contributed by atoms with van der Waals surface area (Å²) in [5, 5.41) is 4.48. The van der Waals surface area contributed by atoms with E-state index in [4.69, 9.17) is 16.6 Å². The summed E-state index contributed by atoms with van der Waals surface area (Å²) in [6.07, 6.45) is 0.739. The molecule has 0 spiro atoms. The molecular formula is C16H19ClN4. The van der Waals surface area contributed by atoms with E-state index in [0.29, 0.717) is 5.88 Å². The van der Waals surface area contributed by atoms with E-state index >= 15 is 0 Å². The summed E-state index contributed by atoms with van der Waals surface area (Å²) in [4.78, 5) is 4.75. The molecule has 0 unspecified atom stereocenters. The molecule has 0 aliphatic rings. The van der Waals surface area contributed by atoms with E-state index in [1.54, 1.807) is 0 Å². The number of aromatic nitrogens is 4. The van der Waals surface area contributed by atoms with E-state index in [-0.39, 0.29) is 0 Å². The van der Waals surface area contributed by atoms with Crippen molar-refractivity contribution < 1.29 is 0 Å². The molecule has 4 nitrogen and oxygen atoms in total. The first-order valence-corrected chi connectivity index (χ1v) is 7.60. The van der Waals surface area contributed by atoms with Gasteiger partial charge in [0.25, 0.3) is 0 Å². The second-order valence-electron chi connectivity index (χ2n) is 5.53. The number of rotatable bonds is 3. The summed E-state index contributed by atoms with van der Waals surface area (Å²) >= 11 is 5.96. The normalized spacial score (nSPS) is 11.5. The summed E-state index contributed by atoms with van der Waals surface area (Å²) < 4.78 is 4.07. The molecule has 0 bridgehead atoms. The summed E-state index contributed by atoms with van der Waals surface area (Å²) in [7, 11) is 1.96. The number of nitrogens with zero attached hydrogens (tertiary/aromatic N) is 4. The molecule has 0 N–H and O–H groups in total.